The van der Waals surface area contributed by atoms with Gasteiger partial charge in [-0.3, -0.25) is 30.6 Å². The van der Waals surface area contributed by atoms with Crippen molar-refractivity contribution >= 4 is 23.2 Å². The number of phenolic OH excluding ortho intramolecular Hbond substituents is 1. The third kappa shape index (κ3) is 5.81. The molecule has 0 aliphatic heterocycles. The molecule has 1 unspecified atom stereocenters. The number of aromatic hydroxyl groups is 1. The van der Waals surface area contributed by atoms with Gasteiger partial charge in [0.2, 0.25) is 5.76 Å². The first kappa shape index (κ1) is 26.0. The SMILES string of the molecule is CCc1ccc(NC(C)c2ccc(-c3ccoc3C(=O)NNC(=O)c3ccc(O)c([N+](=O)[O-])c3)cc2)cc1. The Hall–Kier alpha value is -5.12. The minimum atomic E-state index is -0.814. The van der Waals surface area contributed by atoms with Gasteiger partial charge in [-0.1, -0.05) is 43.3 Å². The molecule has 4 rings (SSSR count). The number of hydrazine groups is 1. The zero-order valence-electron chi connectivity index (χ0n) is 20.7. The summed E-state index contributed by atoms with van der Waals surface area (Å²) in [4.78, 5) is 35.2. The van der Waals surface area contributed by atoms with Gasteiger partial charge >= 0.3 is 11.6 Å². The predicted molar refractivity (Wildman–Crippen MR) is 142 cm³/mol. The second kappa shape index (κ2) is 11.3. The molecule has 10 nitrogen and oxygen atoms in total. The van der Waals surface area contributed by atoms with Crippen molar-refractivity contribution in [1.82, 2.24) is 10.9 Å². The summed E-state index contributed by atoms with van der Waals surface area (Å²) < 4.78 is 5.36. The van der Waals surface area contributed by atoms with Crippen LogP contribution in [0.25, 0.3) is 11.1 Å². The maximum Gasteiger partial charge on any atom is 0.311 e. The van der Waals surface area contributed by atoms with E-state index in [1.165, 1.54) is 17.9 Å². The molecule has 2 amide bonds. The van der Waals surface area contributed by atoms with Crippen molar-refractivity contribution in [2.24, 2.45) is 0 Å². The summed E-state index contributed by atoms with van der Waals surface area (Å²) in [5.41, 5.74) is 8.32. The first-order valence-corrected chi connectivity index (χ1v) is 11.9. The smallest absolute Gasteiger partial charge is 0.311 e. The third-order valence-corrected chi connectivity index (χ3v) is 6.06. The highest BCUT2D eigenvalue weighted by Crippen LogP contribution is 2.28. The number of hydrogen-bond acceptors (Lipinski definition) is 7. The minimum absolute atomic E-state index is 0.0167. The maximum atomic E-state index is 12.7. The van der Waals surface area contributed by atoms with Gasteiger partial charge in [-0.05, 0) is 60.4 Å². The van der Waals surface area contributed by atoms with Gasteiger partial charge in [0.15, 0.2) is 5.75 Å². The van der Waals surface area contributed by atoms with E-state index >= 15 is 0 Å². The average molecular weight is 515 g/mol. The van der Waals surface area contributed by atoms with Gasteiger partial charge < -0.3 is 14.8 Å². The molecule has 0 fully saturated rings. The van der Waals surface area contributed by atoms with Crippen LogP contribution in [0, 0.1) is 10.1 Å². The van der Waals surface area contributed by atoms with E-state index in [9.17, 15) is 24.8 Å². The summed E-state index contributed by atoms with van der Waals surface area (Å²) in [7, 11) is 0. The summed E-state index contributed by atoms with van der Waals surface area (Å²) >= 11 is 0. The number of amides is 2. The standard InChI is InChI=1S/C28H26N4O6/c1-3-18-4-11-22(12-5-18)29-17(2)19-6-8-20(9-7-19)23-14-15-38-26(23)28(35)31-30-27(34)21-10-13-25(33)24(16-21)32(36)37/h4-17,29,33H,3H2,1-2H3,(H,30,34)(H,31,35). The Balaban J connectivity index is 1.41. The molecule has 0 saturated carbocycles. The van der Waals surface area contributed by atoms with Crippen molar-refractivity contribution < 1.29 is 24.0 Å². The van der Waals surface area contributed by atoms with Gasteiger partial charge in [0.1, 0.15) is 0 Å². The molecule has 4 N–H and O–H groups in total. The van der Waals surface area contributed by atoms with Crippen LogP contribution in [0.5, 0.6) is 5.75 Å². The number of nitrogens with zero attached hydrogens (tertiary/aromatic N) is 1. The van der Waals surface area contributed by atoms with E-state index in [-0.39, 0.29) is 17.4 Å². The molecule has 0 aliphatic carbocycles. The summed E-state index contributed by atoms with van der Waals surface area (Å²) in [6, 6.07) is 20.8. The average Bonchev–Trinajstić information content (AvgIpc) is 3.42. The lowest BCUT2D eigenvalue weighted by molar-refractivity contribution is -0.385. The monoisotopic (exact) mass is 514 g/mol. The van der Waals surface area contributed by atoms with Crippen LogP contribution in [-0.2, 0) is 6.42 Å². The van der Waals surface area contributed by atoms with Gasteiger partial charge in [0.25, 0.3) is 5.91 Å². The van der Waals surface area contributed by atoms with Crippen LogP contribution >= 0.6 is 0 Å². The molecule has 1 atom stereocenters. The highest BCUT2D eigenvalue weighted by Gasteiger charge is 2.20. The van der Waals surface area contributed by atoms with Gasteiger partial charge in [0.05, 0.1) is 11.2 Å². The predicted octanol–water partition coefficient (Wildman–Crippen LogP) is 5.37. The largest absolute Gasteiger partial charge is 0.502 e. The van der Waals surface area contributed by atoms with Gasteiger partial charge in [-0.25, -0.2) is 0 Å². The molecule has 10 heteroatoms. The van der Waals surface area contributed by atoms with Crippen LogP contribution in [0.2, 0.25) is 0 Å². The Kier molecular flexibility index (Phi) is 7.72. The van der Waals surface area contributed by atoms with E-state index in [4.69, 9.17) is 4.42 Å². The van der Waals surface area contributed by atoms with Crippen molar-refractivity contribution in [2.75, 3.05) is 5.32 Å². The van der Waals surface area contributed by atoms with E-state index in [2.05, 4.69) is 54.3 Å². The quantitative estimate of drug-likeness (QED) is 0.183. The summed E-state index contributed by atoms with van der Waals surface area (Å²) in [5, 5.41) is 24.0. The lowest BCUT2D eigenvalue weighted by Gasteiger charge is -2.16. The number of nitro groups is 1. The highest BCUT2D eigenvalue weighted by molar-refractivity contribution is 6.01. The molecule has 0 aliphatic rings. The van der Waals surface area contributed by atoms with Crippen LogP contribution in [0.3, 0.4) is 0 Å². The van der Waals surface area contributed by atoms with Crippen molar-refractivity contribution in [3.05, 3.63) is 112 Å². The van der Waals surface area contributed by atoms with E-state index < -0.39 is 28.2 Å². The van der Waals surface area contributed by atoms with Gasteiger partial charge in [-0.15, -0.1) is 0 Å². The van der Waals surface area contributed by atoms with Gasteiger partial charge in [0, 0.05) is 28.9 Å². The number of furan rings is 1. The topological polar surface area (TPSA) is 147 Å². The number of aryl methyl sites for hydroxylation is 1. The first-order chi connectivity index (χ1) is 18.3. The summed E-state index contributed by atoms with van der Waals surface area (Å²) in [6.45, 7) is 4.18. The van der Waals surface area contributed by atoms with E-state index in [0.717, 1.165) is 35.4 Å². The van der Waals surface area contributed by atoms with E-state index in [1.54, 1.807) is 6.07 Å². The fraction of sp³-hybridized carbons (Fsp3) is 0.143. The third-order valence-electron chi connectivity index (χ3n) is 6.06. The molecule has 3 aromatic carbocycles. The number of anilines is 1. The van der Waals surface area contributed by atoms with Crippen LogP contribution in [0.15, 0.2) is 83.5 Å². The second-order valence-electron chi connectivity index (χ2n) is 8.57. The lowest BCUT2D eigenvalue weighted by Crippen LogP contribution is -2.41. The van der Waals surface area contributed by atoms with Crippen molar-refractivity contribution in [2.45, 2.75) is 26.3 Å². The normalized spacial score (nSPS) is 11.4. The number of rotatable bonds is 8. The molecule has 38 heavy (non-hydrogen) atoms. The Morgan fingerprint density at radius 1 is 0.974 bits per heavy atom. The molecule has 0 bridgehead atoms. The molecule has 194 valence electrons. The van der Waals surface area contributed by atoms with E-state index in [1.807, 2.05) is 24.3 Å². The lowest BCUT2D eigenvalue weighted by atomic mass is 10.0. The number of carbonyl (C=O) groups is 2. The first-order valence-electron chi connectivity index (χ1n) is 11.9. The number of phenols is 1. The van der Waals surface area contributed by atoms with Crippen LogP contribution in [0.1, 0.15) is 51.9 Å². The van der Waals surface area contributed by atoms with Crippen molar-refractivity contribution in [3.8, 4) is 16.9 Å². The molecule has 0 spiro atoms. The number of benzene rings is 3. The van der Waals surface area contributed by atoms with Crippen molar-refractivity contribution in [1.29, 1.82) is 0 Å². The van der Waals surface area contributed by atoms with Crippen LogP contribution in [0.4, 0.5) is 11.4 Å². The number of nitro benzene ring substituents is 1. The number of hydrogen-bond donors (Lipinski definition) is 4. The Morgan fingerprint density at radius 2 is 1.66 bits per heavy atom. The summed E-state index contributed by atoms with van der Waals surface area (Å²) in [6.07, 6.45) is 2.36. The van der Waals surface area contributed by atoms with Crippen LogP contribution in [-0.4, -0.2) is 21.8 Å². The molecule has 1 heterocycles. The summed E-state index contributed by atoms with van der Waals surface area (Å²) in [5.74, 6) is -2.10. The van der Waals surface area contributed by atoms with Gasteiger partial charge in [-0.2, -0.15) is 0 Å². The minimum Gasteiger partial charge on any atom is -0.502 e. The second-order valence-corrected chi connectivity index (χ2v) is 8.57. The zero-order valence-corrected chi connectivity index (χ0v) is 20.7. The Morgan fingerprint density at radius 3 is 2.32 bits per heavy atom. The molecule has 0 radical (unpaired) electrons. The molecular weight excluding hydrogens is 488 g/mol. The molecule has 1 aromatic heterocycles. The van der Waals surface area contributed by atoms with Crippen LogP contribution < -0.4 is 16.2 Å². The molecular formula is C28H26N4O6. The number of nitrogens with one attached hydrogen (secondary N) is 3. The zero-order chi connectivity index (χ0) is 27.2. The Labute approximate surface area is 218 Å². The fourth-order valence-corrected chi connectivity index (χ4v) is 3.89. The Bertz CT molecular complexity index is 1460. The fourth-order valence-electron chi connectivity index (χ4n) is 3.89. The molecule has 4 aromatic rings. The number of carbonyl (C=O) groups excluding carboxylic acids is 2. The maximum absolute atomic E-state index is 12.7. The van der Waals surface area contributed by atoms with E-state index in [0.29, 0.717) is 5.56 Å². The molecule has 0 saturated heterocycles. The highest BCUT2D eigenvalue weighted by atomic mass is 16.6. The van der Waals surface area contributed by atoms with Crippen molar-refractivity contribution in [3.63, 3.8) is 0 Å².